The molecule has 0 saturated carbocycles. The van der Waals surface area contributed by atoms with Gasteiger partial charge in [-0.15, -0.1) is 11.4 Å². The van der Waals surface area contributed by atoms with Gasteiger partial charge in [0.1, 0.15) is 0 Å². The molecule has 0 aromatic heterocycles. The van der Waals surface area contributed by atoms with Gasteiger partial charge in [0.2, 0.25) is 0 Å². The van der Waals surface area contributed by atoms with E-state index in [1.807, 2.05) is 0 Å². The predicted octanol–water partition coefficient (Wildman–Crippen LogP) is -7.28. The van der Waals surface area contributed by atoms with E-state index in [4.69, 9.17) is 26.6 Å². The van der Waals surface area contributed by atoms with Crippen LogP contribution in [0.4, 0.5) is 0 Å². The molecule has 7 nitrogen and oxygen atoms in total. The van der Waals surface area contributed by atoms with Crippen LogP contribution < -0.4 is 65.3 Å². The van der Waals surface area contributed by atoms with Crippen molar-refractivity contribution in [1.29, 1.82) is 0 Å². The first kappa shape index (κ1) is 29.2. The average Bonchev–Trinajstić information content (AvgIpc) is 1.19. The standard InChI is InChI=1S/H3N.2Na.H2O3S2.H2O3S/c;;;1-5(2,3)4;1-4(2)3/h1H3;;;(H2,1,2,3,4);(H2,1,2,3)/q;2*+1;;/p-2. The van der Waals surface area contributed by atoms with Gasteiger partial charge in [0, 0.05) is 0 Å². The molecule has 0 aliphatic rings. The van der Waals surface area contributed by atoms with Gasteiger partial charge < -0.3 is 24.4 Å². The van der Waals surface area contributed by atoms with E-state index >= 15 is 0 Å². The fraction of sp³-hybridized carbons (Fsp3) is 0. The van der Waals surface area contributed by atoms with E-state index in [-0.39, 0.29) is 65.3 Å². The van der Waals surface area contributed by atoms with E-state index < -0.39 is 20.4 Å². The minimum Gasteiger partial charge on any atom is -0.784 e. The third-order valence-electron chi connectivity index (χ3n) is 0. The van der Waals surface area contributed by atoms with Crippen LogP contribution in [0.15, 0.2) is 0 Å². The average molecular weight is 257 g/mol. The van der Waals surface area contributed by atoms with Gasteiger partial charge in [-0.3, -0.25) is 4.21 Å². The van der Waals surface area contributed by atoms with Gasteiger partial charge in [0.25, 0.3) is 0 Å². The Morgan fingerprint density at radius 1 is 1.33 bits per heavy atom. The predicted molar refractivity (Wildman–Crippen MR) is 34.6 cm³/mol. The molecule has 66 valence electrons. The van der Waals surface area contributed by atoms with Gasteiger partial charge in [-0.2, -0.15) is 0 Å². The third kappa shape index (κ3) is 293. The molecule has 0 aliphatic carbocycles. The fourth-order valence-electron chi connectivity index (χ4n) is 0. The Labute approximate surface area is 122 Å². The summed E-state index contributed by atoms with van der Waals surface area (Å²) in [5.41, 5.74) is 0. The van der Waals surface area contributed by atoms with Crippen LogP contribution in [0.5, 0.6) is 0 Å². The summed E-state index contributed by atoms with van der Waals surface area (Å²) in [6, 6.07) is 0. The molecule has 0 spiro atoms. The van der Waals surface area contributed by atoms with Crippen molar-refractivity contribution in [1.82, 2.24) is 6.15 Å². The van der Waals surface area contributed by atoms with Crippen molar-refractivity contribution in [3.8, 4) is 0 Å². The fourth-order valence-corrected chi connectivity index (χ4v) is 0. The van der Waals surface area contributed by atoms with Crippen molar-refractivity contribution in [2.24, 2.45) is 0 Å². The summed E-state index contributed by atoms with van der Waals surface area (Å²) in [6.07, 6.45) is 0. The number of hydrogen-bond acceptors (Lipinski definition) is 6. The van der Waals surface area contributed by atoms with E-state index in [9.17, 15) is 0 Å². The maximum Gasteiger partial charge on any atom is 1.00 e. The number of rotatable bonds is 0. The second kappa shape index (κ2) is 15.8. The van der Waals surface area contributed by atoms with Crippen molar-refractivity contribution in [2.75, 3.05) is 0 Å². The van der Waals surface area contributed by atoms with Gasteiger partial charge >= 0.3 is 59.1 Å². The molecule has 0 heterocycles. The first-order valence-corrected chi connectivity index (χ1v) is 4.55. The second-order valence-corrected chi connectivity index (χ2v) is 3.16. The first-order valence-electron chi connectivity index (χ1n) is 1.18. The van der Waals surface area contributed by atoms with Crippen LogP contribution >= 0.6 is 0 Å². The van der Waals surface area contributed by atoms with Crippen molar-refractivity contribution in [3.63, 3.8) is 0 Å². The Hall–Kier alpha value is 2.32. The van der Waals surface area contributed by atoms with E-state index in [1.54, 1.807) is 0 Å². The van der Waals surface area contributed by atoms with Crippen LogP contribution in [-0.4, -0.2) is 26.6 Å². The van der Waals surface area contributed by atoms with Crippen LogP contribution in [0.1, 0.15) is 0 Å². The van der Waals surface area contributed by atoms with Gasteiger partial charge in [-0.25, -0.2) is 4.21 Å². The zero-order valence-electron chi connectivity index (χ0n) is 6.71. The summed E-state index contributed by atoms with van der Waals surface area (Å²) in [6.45, 7) is 0. The van der Waals surface area contributed by atoms with E-state index in [1.165, 1.54) is 0 Å². The molecule has 0 saturated heterocycles. The molecule has 0 aromatic rings. The Morgan fingerprint density at radius 3 is 1.33 bits per heavy atom. The molecular weight excluding hydrogens is 252 g/mol. The topological polar surface area (TPSA) is 160 Å². The molecular formula is H5NNa2O6S3. The van der Waals surface area contributed by atoms with Gasteiger partial charge in [-0.1, -0.05) is 0 Å². The molecule has 0 aliphatic heterocycles. The Kier molecular flexibility index (Phi) is 38.5. The Balaban J connectivity index is -0.0000000221. The Bertz CT molecular complexity index is 163. The van der Waals surface area contributed by atoms with E-state index in [0.717, 1.165) is 0 Å². The van der Waals surface area contributed by atoms with Crippen molar-refractivity contribution < 1.29 is 85.7 Å². The van der Waals surface area contributed by atoms with E-state index in [2.05, 4.69) is 11.2 Å². The summed E-state index contributed by atoms with van der Waals surface area (Å²) in [5.74, 6) is 0. The first-order chi connectivity index (χ1) is 3.73. The molecule has 1 unspecified atom stereocenters. The second-order valence-electron chi connectivity index (χ2n) is 0.632. The maximum atomic E-state index is 9.00. The summed E-state index contributed by atoms with van der Waals surface area (Å²) in [7, 11) is -4.08. The molecule has 0 aromatic carbocycles. The van der Waals surface area contributed by atoms with E-state index in [0.29, 0.717) is 0 Å². The quantitative estimate of drug-likeness (QED) is 0.322. The molecule has 0 amide bonds. The molecule has 0 fully saturated rings. The third-order valence-corrected chi connectivity index (χ3v) is 0. The van der Waals surface area contributed by atoms with Crippen molar-refractivity contribution in [2.45, 2.75) is 0 Å². The molecule has 12 heteroatoms. The van der Waals surface area contributed by atoms with Gasteiger partial charge in [0.15, 0.2) is 0 Å². The van der Waals surface area contributed by atoms with Crippen LogP contribution in [-0.2, 0) is 31.6 Å². The largest absolute Gasteiger partial charge is 1.00 e. The summed E-state index contributed by atoms with van der Waals surface area (Å²) in [4.78, 5) is 0. The number of hydrogen-bond donors (Lipinski definition) is 2. The zero-order valence-corrected chi connectivity index (χ0v) is 13.2. The smallest absolute Gasteiger partial charge is 0.784 e. The van der Waals surface area contributed by atoms with Crippen molar-refractivity contribution >= 4 is 31.6 Å². The van der Waals surface area contributed by atoms with Gasteiger partial charge in [-0.05, 0) is 11.2 Å². The van der Waals surface area contributed by atoms with Crippen LogP contribution in [0.25, 0.3) is 0 Å². The minimum atomic E-state index is -4.08. The molecule has 0 radical (unpaired) electrons. The number of quaternary nitrogens is 1. The van der Waals surface area contributed by atoms with Gasteiger partial charge in [0.05, 0.1) is 9.05 Å². The Morgan fingerprint density at radius 2 is 1.33 bits per heavy atom. The summed E-state index contributed by atoms with van der Waals surface area (Å²) < 4.78 is 50.6. The summed E-state index contributed by atoms with van der Waals surface area (Å²) >= 11 is 0.243. The normalized spacial score (nSPS) is 11.8. The molecule has 5 N–H and O–H groups in total. The summed E-state index contributed by atoms with van der Waals surface area (Å²) in [5, 5.41) is 0. The monoisotopic (exact) mass is 257 g/mol. The van der Waals surface area contributed by atoms with Crippen LogP contribution in [0.2, 0.25) is 0 Å². The molecule has 12 heavy (non-hydrogen) atoms. The maximum absolute atomic E-state index is 9.00. The van der Waals surface area contributed by atoms with Crippen LogP contribution in [0, 0.1) is 0 Å². The SMILES string of the molecule is O=S([O-])(O)=S.O=S([O-])[O-].[NH4+].[Na+].[Na+]. The molecule has 0 bridgehead atoms. The minimum absolute atomic E-state index is 0. The van der Waals surface area contributed by atoms with Crippen LogP contribution in [0.3, 0.4) is 0 Å². The molecule has 0 rings (SSSR count). The molecule has 1 atom stereocenters. The van der Waals surface area contributed by atoms with Crippen molar-refractivity contribution in [3.05, 3.63) is 0 Å². The zero-order chi connectivity index (χ0) is 8.08.